The van der Waals surface area contributed by atoms with Gasteiger partial charge in [0.2, 0.25) is 0 Å². The molecule has 4 N–H and O–H groups in total. The van der Waals surface area contributed by atoms with Crippen molar-refractivity contribution in [1.29, 1.82) is 0 Å². The second-order valence-corrected chi connectivity index (χ2v) is 12.5. The van der Waals surface area contributed by atoms with E-state index in [0.717, 1.165) is 50.2 Å². The number of unbranched alkanes of at least 4 members (excludes halogenated alkanes) is 5. The number of hydrogen-bond donors (Lipinski definition) is 3. The highest BCUT2D eigenvalue weighted by atomic mass is 33.1. The maximum Gasteiger partial charge on any atom is 0.307 e. The number of hydrogen-bond acceptors (Lipinski definition) is 14. The third kappa shape index (κ3) is 31.6. The molecule has 0 amide bonds. The molecule has 0 aromatic carbocycles. The Labute approximate surface area is 265 Å². The minimum Gasteiger partial charge on any atom is -0.466 e. The lowest BCUT2D eigenvalue weighted by molar-refractivity contribution is -0.144. The molecule has 0 bridgehead atoms. The zero-order valence-corrected chi connectivity index (χ0v) is 27.7. The molecule has 14 heteroatoms. The van der Waals surface area contributed by atoms with Gasteiger partial charge in [-0.2, -0.15) is 0 Å². The number of aliphatic hydroxyl groups is 1. The number of ether oxygens (including phenoxy) is 4. The summed E-state index contributed by atoms with van der Waals surface area (Å²) in [5.74, 6) is 0.812. The standard InChI is InChI=1S/C29H55N3O9S2/c1-26(34)38-20-6-2-7-22-40-28(36)11-17-32(16-4-5-19-33)18-12-29(37)41-23-9-3-8-21-39-27(35)10-14-31-15-25-43-42-24-13-30/h31,33H,2-25,30H2,1H3. The second kappa shape index (κ2) is 31.8. The summed E-state index contributed by atoms with van der Waals surface area (Å²) in [6, 6.07) is 0. The van der Waals surface area contributed by atoms with Crippen molar-refractivity contribution in [2.75, 3.05) is 83.8 Å². The van der Waals surface area contributed by atoms with Crippen molar-refractivity contribution < 1.29 is 43.2 Å². The SMILES string of the molecule is CC(=O)OCCCCCOC(=O)CCN(CCCCO)CCC(=O)OCCCCCOC(=O)CCNCCSSCCN. The van der Waals surface area contributed by atoms with Crippen LogP contribution in [0.1, 0.15) is 77.6 Å². The molecule has 0 fully saturated rings. The number of rotatable bonds is 31. The summed E-state index contributed by atoms with van der Waals surface area (Å²) < 4.78 is 20.7. The van der Waals surface area contributed by atoms with Crippen LogP contribution in [0.15, 0.2) is 0 Å². The number of esters is 4. The first kappa shape index (κ1) is 41.4. The van der Waals surface area contributed by atoms with E-state index in [9.17, 15) is 19.2 Å². The highest BCUT2D eigenvalue weighted by Gasteiger charge is 2.12. The van der Waals surface area contributed by atoms with Crippen molar-refractivity contribution in [1.82, 2.24) is 10.2 Å². The number of aliphatic hydroxyl groups excluding tert-OH is 1. The summed E-state index contributed by atoms with van der Waals surface area (Å²) in [5.41, 5.74) is 5.44. The minimum atomic E-state index is -0.297. The number of carbonyl (C=O) groups excluding carboxylic acids is 4. The Morgan fingerprint density at radius 3 is 1.67 bits per heavy atom. The van der Waals surface area contributed by atoms with Gasteiger partial charge in [-0.25, -0.2) is 0 Å². The van der Waals surface area contributed by atoms with E-state index in [0.29, 0.717) is 84.8 Å². The van der Waals surface area contributed by atoms with Gasteiger partial charge in [-0.15, -0.1) is 0 Å². The summed E-state index contributed by atoms with van der Waals surface area (Å²) in [6.45, 7) is 6.56. The van der Waals surface area contributed by atoms with Crippen LogP contribution in [0.2, 0.25) is 0 Å². The van der Waals surface area contributed by atoms with Gasteiger partial charge in [-0.1, -0.05) is 21.6 Å². The fourth-order valence-corrected chi connectivity index (χ4v) is 5.43. The summed E-state index contributed by atoms with van der Waals surface area (Å²) in [7, 11) is 3.52. The maximum atomic E-state index is 12.2. The van der Waals surface area contributed by atoms with Crippen LogP contribution in [0.5, 0.6) is 0 Å². The topological polar surface area (TPSA) is 167 Å². The quantitative estimate of drug-likeness (QED) is 0.0432. The van der Waals surface area contributed by atoms with Gasteiger partial charge >= 0.3 is 23.9 Å². The Balaban J connectivity index is 3.87. The lowest BCUT2D eigenvalue weighted by Gasteiger charge is -2.21. The zero-order valence-electron chi connectivity index (χ0n) is 26.0. The van der Waals surface area contributed by atoms with Crippen LogP contribution in [-0.4, -0.2) is 118 Å². The first-order chi connectivity index (χ1) is 20.9. The van der Waals surface area contributed by atoms with Gasteiger partial charge in [-0.05, 0) is 57.9 Å². The van der Waals surface area contributed by atoms with E-state index in [2.05, 4.69) is 5.32 Å². The number of nitrogens with one attached hydrogen (secondary N) is 1. The molecule has 0 atom stereocenters. The summed E-state index contributed by atoms with van der Waals surface area (Å²) in [5, 5.41) is 12.3. The zero-order chi connectivity index (χ0) is 31.8. The van der Waals surface area contributed by atoms with Gasteiger partial charge in [0.15, 0.2) is 0 Å². The lowest BCUT2D eigenvalue weighted by atomic mass is 10.2. The van der Waals surface area contributed by atoms with Crippen molar-refractivity contribution in [2.45, 2.75) is 77.6 Å². The van der Waals surface area contributed by atoms with Crippen LogP contribution in [-0.2, 0) is 38.1 Å². The van der Waals surface area contributed by atoms with Crippen molar-refractivity contribution in [3.8, 4) is 0 Å². The van der Waals surface area contributed by atoms with Gasteiger partial charge in [-0.3, -0.25) is 19.2 Å². The Bertz CT molecular complexity index is 721. The van der Waals surface area contributed by atoms with Crippen LogP contribution in [0.3, 0.4) is 0 Å². The monoisotopic (exact) mass is 653 g/mol. The fraction of sp³-hybridized carbons (Fsp3) is 0.862. The van der Waals surface area contributed by atoms with Gasteiger partial charge in [0.25, 0.3) is 0 Å². The van der Waals surface area contributed by atoms with Crippen LogP contribution in [0.4, 0.5) is 0 Å². The molecule has 0 rings (SSSR count). The molecule has 252 valence electrons. The van der Waals surface area contributed by atoms with Gasteiger partial charge in [0.05, 0.1) is 45.7 Å². The molecule has 0 spiro atoms. The first-order valence-electron chi connectivity index (χ1n) is 15.5. The predicted octanol–water partition coefficient (Wildman–Crippen LogP) is 2.69. The van der Waals surface area contributed by atoms with Crippen LogP contribution in [0, 0.1) is 0 Å². The highest BCUT2D eigenvalue weighted by Crippen LogP contribution is 2.18. The fourth-order valence-electron chi connectivity index (χ4n) is 3.63. The van der Waals surface area contributed by atoms with E-state index >= 15 is 0 Å². The molecule has 0 aromatic rings. The molecule has 0 saturated carbocycles. The molecule has 0 aromatic heterocycles. The summed E-state index contributed by atoms with van der Waals surface area (Å²) in [6.07, 6.45) is 6.63. The Morgan fingerprint density at radius 2 is 1.16 bits per heavy atom. The lowest BCUT2D eigenvalue weighted by Crippen LogP contribution is -2.31. The number of carbonyl (C=O) groups is 4. The van der Waals surface area contributed by atoms with Gasteiger partial charge < -0.3 is 40.0 Å². The average molecular weight is 654 g/mol. The van der Waals surface area contributed by atoms with E-state index in [-0.39, 0.29) is 43.3 Å². The van der Waals surface area contributed by atoms with Crippen molar-refractivity contribution in [3.63, 3.8) is 0 Å². The molecule has 0 aliphatic rings. The predicted molar refractivity (Wildman–Crippen MR) is 171 cm³/mol. The van der Waals surface area contributed by atoms with Crippen molar-refractivity contribution >= 4 is 45.5 Å². The van der Waals surface area contributed by atoms with E-state index < -0.39 is 0 Å². The Hall–Kier alpha value is -1.58. The normalized spacial score (nSPS) is 11.0. The van der Waals surface area contributed by atoms with Crippen molar-refractivity contribution in [2.24, 2.45) is 5.73 Å². The smallest absolute Gasteiger partial charge is 0.307 e. The van der Waals surface area contributed by atoms with Crippen LogP contribution < -0.4 is 11.1 Å². The molecular weight excluding hydrogens is 598 g/mol. The molecule has 43 heavy (non-hydrogen) atoms. The molecule has 0 radical (unpaired) electrons. The molecule has 12 nitrogen and oxygen atoms in total. The van der Waals surface area contributed by atoms with Crippen LogP contribution in [0.25, 0.3) is 0 Å². The Kier molecular flexibility index (Phi) is 30.7. The van der Waals surface area contributed by atoms with E-state index in [1.165, 1.54) is 6.92 Å². The minimum absolute atomic E-state index is 0.0979. The third-order valence-corrected chi connectivity index (χ3v) is 8.41. The summed E-state index contributed by atoms with van der Waals surface area (Å²) in [4.78, 5) is 48.8. The molecule has 0 unspecified atom stereocenters. The van der Waals surface area contributed by atoms with E-state index in [1.807, 2.05) is 4.90 Å². The maximum absolute atomic E-state index is 12.2. The molecule has 0 aliphatic heterocycles. The highest BCUT2D eigenvalue weighted by molar-refractivity contribution is 8.76. The Morgan fingerprint density at radius 1 is 0.651 bits per heavy atom. The number of nitrogens with zero attached hydrogens (tertiary/aromatic N) is 1. The van der Waals surface area contributed by atoms with Crippen LogP contribution >= 0.6 is 21.6 Å². The summed E-state index contributed by atoms with van der Waals surface area (Å²) >= 11 is 0. The van der Waals surface area contributed by atoms with Gasteiger partial charge in [0, 0.05) is 57.8 Å². The average Bonchev–Trinajstić information content (AvgIpc) is 2.98. The molecule has 0 aliphatic carbocycles. The first-order valence-corrected chi connectivity index (χ1v) is 18.0. The molecule has 0 heterocycles. The van der Waals surface area contributed by atoms with E-state index in [4.69, 9.17) is 29.8 Å². The third-order valence-electron chi connectivity index (χ3n) is 5.97. The van der Waals surface area contributed by atoms with Crippen molar-refractivity contribution in [3.05, 3.63) is 0 Å². The molecular formula is C29H55N3O9S2. The second-order valence-electron chi connectivity index (χ2n) is 9.83. The van der Waals surface area contributed by atoms with E-state index in [1.54, 1.807) is 21.6 Å². The largest absolute Gasteiger partial charge is 0.466 e. The van der Waals surface area contributed by atoms with Gasteiger partial charge in [0.1, 0.15) is 0 Å². The number of nitrogens with two attached hydrogens (primary N) is 1. The molecule has 0 saturated heterocycles.